The summed E-state index contributed by atoms with van der Waals surface area (Å²) in [6, 6.07) is 13.9. The van der Waals surface area contributed by atoms with Gasteiger partial charge in [0.1, 0.15) is 0 Å². The highest BCUT2D eigenvalue weighted by atomic mass is 79.9. The van der Waals surface area contributed by atoms with E-state index in [0.717, 1.165) is 32.4 Å². The molecule has 1 heterocycles. The third-order valence-electron chi connectivity index (χ3n) is 4.90. The van der Waals surface area contributed by atoms with E-state index in [1.54, 1.807) is 0 Å². The number of amides is 2. The molecule has 2 N–H and O–H groups in total. The molecule has 3 rings (SSSR count). The normalized spacial score (nSPS) is 16.1. The first kappa shape index (κ1) is 22.1. The van der Waals surface area contributed by atoms with Gasteiger partial charge in [0.05, 0.1) is 22.4 Å². The van der Waals surface area contributed by atoms with Gasteiger partial charge in [-0.15, -0.1) is 0 Å². The Hall–Kier alpha value is -2.56. The molecule has 1 atom stereocenters. The van der Waals surface area contributed by atoms with Crippen LogP contribution in [0.15, 0.2) is 51.5 Å². The van der Waals surface area contributed by atoms with Crippen LogP contribution in [0.3, 0.4) is 0 Å². The monoisotopic (exact) mass is 483 g/mol. The molecule has 7 heteroatoms. The van der Waals surface area contributed by atoms with Crippen molar-refractivity contribution >= 4 is 45.2 Å². The Kier molecular flexibility index (Phi) is 7.01. The Morgan fingerprint density at radius 1 is 1.27 bits per heavy atom. The van der Waals surface area contributed by atoms with Crippen molar-refractivity contribution in [1.29, 1.82) is 5.26 Å². The molecule has 0 aromatic heterocycles. The lowest BCUT2D eigenvalue weighted by Crippen LogP contribution is -2.31. The molecule has 0 radical (unpaired) electrons. The molecule has 5 nitrogen and oxygen atoms in total. The van der Waals surface area contributed by atoms with Gasteiger partial charge in [-0.2, -0.15) is 5.26 Å². The summed E-state index contributed by atoms with van der Waals surface area (Å²) in [7, 11) is 0. The summed E-state index contributed by atoms with van der Waals surface area (Å²) in [6.45, 7) is 5.94. The Morgan fingerprint density at radius 2 is 1.97 bits per heavy atom. The van der Waals surface area contributed by atoms with E-state index in [9.17, 15) is 14.9 Å². The minimum Gasteiger partial charge on any atom is -0.325 e. The van der Waals surface area contributed by atoms with Crippen LogP contribution in [0.1, 0.15) is 34.6 Å². The smallest absolute Gasteiger partial charge is 0.234 e. The van der Waals surface area contributed by atoms with Gasteiger partial charge < -0.3 is 10.6 Å². The van der Waals surface area contributed by atoms with Crippen LogP contribution >= 0.6 is 27.7 Å². The number of thioether (sulfide) groups is 1. The Morgan fingerprint density at radius 3 is 2.60 bits per heavy atom. The number of nitrogens with one attached hydrogen (secondary N) is 2. The number of hydrogen-bond acceptors (Lipinski definition) is 4. The number of carbonyl (C=O) groups excluding carboxylic acids is 2. The molecule has 1 aliphatic rings. The van der Waals surface area contributed by atoms with Crippen LogP contribution in [0.5, 0.6) is 0 Å². The van der Waals surface area contributed by atoms with Gasteiger partial charge in [-0.1, -0.05) is 57.5 Å². The zero-order chi connectivity index (χ0) is 21.8. The van der Waals surface area contributed by atoms with Crippen molar-refractivity contribution in [2.45, 2.75) is 33.1 Å². The van der Waals surface area contributed by atoms with Gasteiger partial charge in [-0.05, 0) is 49.6 Å². The minimum atomic E-state index is -0.326. The third-order valence-corrected chi connectivity index (χ3v) is 6.41. The van der Waals surface area contributed by atoms with Gasteiger partial charge in [-0.25, -0.2) is 0 Å². The maximum absolute atomic E-state index is 12.6. The van der Waals surface area contributed by atoms with Gasteiger partial charge in [0, 0.05) is 22.5 Å². The Labute approximate surface area is 189 Å². The molecule has 0 spiro atoms. The van der Waals surface area contributed by atoms with Gasteiger partial charge in [0.2, 0.25) is 11.8 Å². The quantitative estimate of drug-likeness (QED) is 0.620. The standard InChI is InChI=1S/C23H22BrN3O2S/c1-13-7-14(2)22(15(3)8-13)26-21(29)12-30-23-19(11-25)18(10-20(28)27-23)16-5-4-6-17(24)9-16/h4-9,18H,10,12H2,1-3H3,(H,26,29)(H,27,28). The second-order valence-electron chi connectivity index (χ2n) is 7.33. The molecule has 2 aromatic rings. The number of halogens is 1. The van der Waals surface area contributed by atoms with Crippen LogP contribution in [0.2, 0.25) is 0 Å². The van der Waals surface area contributed by atoms with Crippen molar-refractivity contribution in [2.24, 2.45) is 0 Å². The van der Waals surface area contributed by atoms with E-state index in [2.05, 4.69) is 32.6 Å². The summed E-state index contributed by atoms with van der Waals surface area (Å²) in [5.41, 5.74) is 5.33. The Balaban J connectivity index is 1.78. The predicted molar refractivity (Wildman–Crippen MR) is 124 cm³/mol. The second-order valence-corrected chi connectivity index (χ2v) is 9.23. The first-order valence-electron chi connectivity index (χ1n) is 9.48. The molecule has 0 saturated carbocycles. The number of carbonyl (C=O) groups is 2. The molecule has 2 aromatic carbocycles. The molecule has 30 heavy (non-hydrogen) atoms. The van der Waals surface area contributed by atoms with Gasteiger partial charge in [-0.3, -0.25) is 9.59 Å². The zero-order valence-electron chi connectivity index (χ0n) is 17.0. The van der Waals surface area contributed by atoms with Crippen LogP contribution in [0.4, 0.5) is 5.69 Å². The number of allylic oxidation sites excluding steroid dienone is 1. The van der Waals surface area contributed by atoms with Gasteiger partial charge in [0.15, 0.2) is 0 Å². The maximum atomic E-state index is 12.6. The van der Waals surface area contributed by atoms with Crippen molar-refractivity contribution in [1.82, 2.24) is 5.32 Å². The maximum Gasteiger partial charge on any atom is 0.234 e. The van der Waals surface area contributed by atoms with Crippen LogP contribution in [0.25, 0.3) is 0 Å². The average Bonchev–Trinajstić information content (AvgIpc) is 2.68. The van der Waals surface area contributed by atoms with E-state index >= 15 is 0 Å². The lowest BCUT2D eigenvalue weighted by Gasteiger charge is -2.25. The van der Waals surface area contributed by atoms with Crippen molar-refractivity contribution in [3.63, 3.8) is 0 Å². The number of nitriles is 1. The van der Waals surface area contributed by atoms with Crippen LogP contribution in [0, 0.1) is 32.1 Å². The molecule has 0 fully saturated rings. The second kappa shape index (κ2) is 9.50. The number of benzene rings is 2. The largest absolute Gasteiger partial charge is 0.325 e. The van der Waals surface area contributed by atoms with E-state index < -0.39 is 0 Å². The first-order chi connectivity index (χ1) is 14.3. The highest BCUT2D eigenvalue weighted by molar-refractivity contribution is 9.10. The fraction of sp³-hybridized carbons (Fsp3) is 0.261. The summed E-state index contributed by atoms with van der Waals surface area (Å²) in [5.74, 6) is -0.571. The van der Waals surface area contributed by atoms with Crippen molar-refractivity contribution in [3.05, 3.63) is 73.7 Å². The minimum absolute atomic E-state index is 0.0960. The highest BCUT2D eigenvalue weighted by Crippen LogP contribution is 2.36. The topological polar surface area (TPSA) is 82.0 Å². The van der Waals surface area contributed by atoms with E-state index in [4.69, 9.17) is 0 Å². The van der Waals surface area contributed by atoms with Crippen molar-refractivity contribution in [2.75, 3.05) is 11.1 Å². The number of rotatable bonds is 5. The van der Waals surface area contributed by atoms with E-state index in [-0.39, 0.29) is 29.9 Å². The molecular formula is C23H22BrN3O2S. The van der Waals surface area contributed by atoms with E-state index in [0.29, 0.717) is 10.6 Å². The fourth-order valence-corrected chi connectivity index (χ4v) is 4.93. The predicted octanol–water partition coefficient (Wildman–Crippen LogP) is 5.08. The molecule has 2 amide bonds. The molecular weight excluding hydrogens is 462 g/mol. The van der Waals surface area contributed by atoms with Crippen molar-refractivity contribution < 1.29 is 9.59 Å². The number of anilines is 1. The lowest BCUT2D eigenvalue weighted by atomic mass is 9.87. The molecule has 154 valence electrons. The van der Waals surface area contributed by atoms with Crippen molar-refractivity contribution in [3.8, 4) is 6.07 Å². The molecule has 0 aliphatic carbocycles. The number of hydrogen-bond donors (Lipinski definition) is 2. The SMILES string of the molecule is Cc1cc(C)c(NC(=O)CSC2=C(C#N)C(c3cccc(Br)c3)CC(=O)N2)c(C)c1. The third kappa shape index (κ3) is 5.13. The summed E-state index contributed by atoms with van der Waals surface area (Å²) >= 11 is 4.62. The summed E-state index contributed by atoms with van der Waals surface area (Å²) in [5, 5.41) is 15.9. The van der Waals surface area contributed by atoms with Crippen LogP contribution < -0.4 is 10.6 Å². The Bertz CT molecular complexity index is 1070. The summed E-state index contributed by atoms with van der Waals surface area (Å²) in [4.78, 5) is 24.8. The van der Waals surface area contributed by atoms with E-state index in [1.165, 1.54) is 11.8 Å². The van der Waals surface area contributed by atoms with E-state index in [1.807, 2.05) is 57.2 Å². The van der Waals surface area contributed by atoms with Crippen LogP contribution in [-0.4, -0.2) is 17.6 Å². The molecule has 0 bridgehead atoms. The van der Waals surface area contributed by atoms with Crippen LogP contribution in [-0.2, 0) is 9.59 Å². The molecule has 0 saturated heterocycles. The number of aryl methyl sites for hydroxylation is 3. The highest BCUT2D eigenvalue weighted by Gasteiger charge is 2.30. The van der Waals surface area contributed by atoms with Gasteiger partial charge in [0.25, 0.3) is 0 Å². The molecule has 1 unspecified atom stereocenters. The first-order valence-corrected chi connectivity index (χ1v) is 11.3. The average molecular weight is 484 g/mol. The molecule has 1 aliphatic heterocycles. The number of nitrogens with zero attached hydrogens (tertiary/aromatic N) is 1. The fourth-order valence-electron chi connectivity index (χ4n) is 3.63. The lowest BCUT2D eigenvalue weighted by molar-refractivity contribution is -0.121. The zero-order valence-corrected chi connectivity index (χ0v) is 19.4. The summed E-state index contributed by atoms with van der Waals surface area (Å²) < 4.78 is 0.890. The van der Waals surface area contributed by atoms with Gasteiger partial charge >= 0.3 is 0 Å². The summed E-state index contributed by atoms with van der Waals surface area (Å²) in [6.07, 6.45) is 0.206.